The van der Waals surface area contributed by atoms with Crippen LogP contribution in [-0.2, 0) is 0 Å². The number of aromatic nitrogens is 1. The van der Waals surface area contributed by atoms with Gasteiger partial charge in [-0.3, -0.25) is 4.79 Å². The number of aromatic amines is 1. The summed E-state index contributed by atoms with van der Waals surface area (Å²) in [4.78, 5) is 35.3. The molecule has 0 fully saturated rings. The molecule has 19 heavy (non-hydrogen) atoms. The van der Waals surface area contributed by atoms with Gasteiger partial charge in [0.15, 0.2) is 0 Å². The number of carbonyl (C=O) groups is 2. The Bertz CT molecular complexity index is 717. The SMILES string of the molecule is O=C(O)c1cccc(-c2c[nH]c(=O)c(C(=O)O)c2)c1. The summed E-state index contributed by atoms with van der Waals surface area (Å²) in [6, 6.07) is 7.22. The fourth-order valence-electron chi connectivity index (χ4n) is 1.64. The fraction of sp³-hybridized carbons (Fsp3) is 0. The van der Waals surface area contributed by atoms with E-state index in [2.05, 4.69) is 4.98 Å². The van der Waals surface area contributed by atoms with Crippen LogP contribution in [0.2, 0.25) is 0 Å². The Morgan fingerprint density at radius 2 is 1.74 bits per heavy atom. The van der Waals surface area contributed by atoms with E-state index in [1.807, 2.05) is 0 Å². The normalized spacial score (nSPS) is 10.1. The van der Waals surface area contributed by atoms with Crippen LogP contribution >= 0.6 is 0 Å². The van der Waals surface area contributed by atoms with Crippen molar-refractivity contribution in [1.82, 2.24) is 4.98 Å². The van der Waals surface area contributed by atoms with Crippen molar-refractivity contribution in [2.75, 3.05) is 0 Å². The van der Waals surface area contributed by atoms with Gasteiger partial charge in [-0.1, -0.05) is 12.1 Å². The van der Waals surface area contributed by atoms with Crippen molar-refractivity contribution in [1.29, 1.82) is 0 Å². The third kappa shape index (κ3) is 2.52. The Kier molecular flexibility index (Phi) is 3.15. The highest BCUT2D eigenvalue weighted by Gasteiger charge is 2.11. The number of H-pyrrole nitrogens is 1. The molecule has 2 aromatic rings. The van der Waals surface area contributed by atoms with Crippen molar-refractivity contribution in [3.8, 4) is 11.1 Å². The molecule has 0 radical (unpaired) electrons. The summed E-state index contributed by atoms with van der Waals surface area (Å²) in [6.45, 7) is 0. The Morgan fingerprint density at radius 1 is 1.00 bits per heavy atom. The van der Waals surface area contributed by atoms with Crippen LogP contribution in [0.15, 0.2) is 41.3 Å². The highest BCUT2D eigenvalue weighted by Crippen LogP contribution is 2.19. The second-order valence-corrected chi connectivity index (χ2v) is 3.82. The number of carboxylic acids is 2. The lowest BCUT2D eigenvalue weighted by Gasteiger charge is -2.03. The van der Waals surface area contributed by atoms with Crippen molar-refractivity contribution in [3.63, 3.8) is 0 Å². The molecular weight excluding hydrogens is 250 g/mol. The molecule has 0 amide bonds. The third-order valence-corrected chi connectivity index (χ3v) is 2.58. The van der Waals surface area contributed by atoms with E-state index in [1.165, 1.54) is 24.4 Å². The number of rotatable bonds is 3. The molecule has 0 saturated heterocycles. The van der Waals surface area contributed by atoms with Gasteiger partial charge in [0.05, 0.1) is 5.56 Å². The van der Waals surface area contributed by atoms with Gasteiger partial charge in [-0.25, -0.2) is 9.59 Å². The van der Waals surface area contributed by atoms with Crippen LogP contribution in [0.5, 0.6) is 0 Å². The maximum absolute atomic E-state index is 11.3. The number of hydrogen-bond donors (Lipinski definition) is 3. The quantitative estimate of drug-likeness (QED) is 0.773. The van der Waals surface area contributed by atoms with E-state index in [9.17, 15) is 14.4 Å². The maximum atomic E-state index is 11.3. The van der Waals surface area contributed by atoms with E-state index in [-0.39, 0.29) is 5.56 Å². The van der Waals surface area contributed by atoms with E-state index in [1.54, 1.807) is 12.1 Å². The molecule has 1 heterocycles. The van der Waals surface area contributed by atoms with Gasteiger partial charge >= 0.3 is 11.9 Å². The Morgan fingerprint density at radius 3 is 2.37 bits per heavy atom. The zero-order chi connectivity index (χ0) is 14.0. The van der Waals surface area contributed by atoms with Crippen LogP contribution in [-0.4, -0.2) is 27.1 Å². The molecule has 0 aliphatic rings. The maximum Gasteiger partial charge on any atom is 0.341 e. The Balaban J connectivity index is 2.56. The van der Waals surface area contributed by atoms with Crippen LogP contribution < -0.4 is 5.56 Å². The first-order chi connectivity index (χ1) is 8.99. The van der Waals surface area contributed by atoms with E-state index < -0.39 is 23.1 Å². The van der Waals surface area contributed by atoms with E-state index in [0.717, 1.165) is 0 Å². The minimum atomic E-state index is -1.34. The lowest BCUT2D eigenvalue weighted by Crippen LogP contribution is -2.16. The minimum Gasteiger partial charge on any atom is -0.478 e. The molecule has 6 heteroatoms. The first-order valence-corrected chi connectivity index (χ1v) is 5.29. The van der Waals surface area contributed by atoms with E-state index >= 15 is 0 Å². The molecule has 0 saturated carbocycles. The molecule has 0 unspecified atom stereocenters. The summed E-state index contributed by atoms with van der Waals surface area (Å²) in [5.41, 5.74) is -0.0665. The van der Waals surface area contributed by atoms with Crippen LogP contribution in [0.3, 0.4) is 0 Å². The first kappa shape index (κ1) is 12.6. The molecule has 0 spiro atoms. The summed E-state index contributed by atoms with van der Waals surface area (Å²) < 4.78 is 0. The molecule has 0 aliphatic carbocycles. The number of hydrogen-bond acceptors (Lipinski definition) is 3. The number of nitrogens with one attached hydrogen (secondary N) is 1. The molecule has 96 valence electrons. The second kappa shape index (κ2) is 4.77. The van der Waals surface area contributed by atoms with Crippen molar-refractivity contribution in [2.24, 2.45) is 0 Å². The summed E-state index contributed by atoms with van der Waals surface area (Å²) in [5, 5.41) is 17.8. The standard InChI is InChI=1S/C13H9NO5/c15-11-10(13(18)19)5-9(6-14-11)7-2-1-3-8(4-7)12(16)17/h1-6H,(H,14,15)(H,16,17)(H,18,19). The average Bonchev–Trinajstić information content (AvgIpc) is 2.39. The highest BCUT2D eigenvalue weighted by atomic mass is 16.4. The van der Waals surface area contributed by atoms with Crippen LogP contribution in [0, 0.1) is 0 Å². The first-order valence-electron chi connectivity index (χ1n) is 5.29. The molecule has 3 N–H and O–H groups in total. The smallest absolute Gasteiger partial charge is 0.341 e. The average molecular weight is 259 g/mol. The van der Waals surface area contributed by atoms with Crippen molar-refractivity contribution in [3.05, 3.63) is 58.0 Å². The van der Waals surface area contributed by atoms with Gasteiger partial charge in [0.1, 0.15) is 5.56 Å². The molecule has 2 rings (SSSR count). The monoisotopic (exact) mass is 259 g/mol. The molecule has 1 aromatic heterocycles. The zero-order valence-corrected chi connectivity index (χ0v) is 9.58. The second-order valence-electron chi connectivity index (χ2n) is 3.82. The Hall–Kier alpha value is -2.89. The van der Waals surface area contributed by atoms with Crippen molar-refractivity contribution < 1.29 is 19.8 Å². The van der Waals surface area contributed by atoms with Gasteiger partial charge in [-0.05, 0) is 29.3 Å². The van der Waals surface area contributed by atoms with Crippen LogP contribution in [0.25, 0.3) is 11.1 Å². The van der Waals surface area contributed by atoms with Gasteiger partial charge in [0, 0.05) is 6.20 Å². The molecule has 6 nitrogen and oxygen atoms in total. The van der Waals surface area contributed by atoms with Gasteiger partial charge in [0.2, 0.25) is 0 Å². The van der Waals surface area contributed by atoms with Crippen molar-refractivity contribution in [2.45, 2.75) is 0 Å². The van der Waals surface area contributed by atoms with Gasteiger partial charge < -0.3 is 15.2 Å². The fourth-order valence-corrected chi connectivity index (χ4v) is 1.64. The highest BCUT2D eigenvalue weighted by molar-refractivity contribution is 5.91. The van der Waals surface area contributed by atoms with E-state index in [4.69, 9.17) is 10.2 Å². The van der Waals surface area contributed by atoms with Gasteiger partial charge in [-0.15, -0.1) is 0 Å². The van der Waals surface area contributed by atoms with Crippen molar-refractivity contribution >= 4 is 11.9 Å². The predicted octanol–water partition coefficient (Wildman–Crippen LogP) is 1.44. The predicted molar refractivity (Wildman–Crippen MR) is 66.4 cm³/mol. The van der Waals surface area contributed by atoms with Gasteiger partial charge in [0.25, 0.3) is 5.56 Å². The summed E-state index contributed by atoms with van der Waals surface area (Å²) in [6.07, 6.45) is 1.34. The lowest BCUT2D eigenvalue weighted by molar-refractivity contribution is 0.0685. The molecular formula is C13H9NO5. The lowest BCUT2D eigenvalue weighted by atomic mass is 10.0. The molecule has 0 atom stereocenters. The van der Waals surface area contributed by atoms with Crippen LogP contribution in [0.1, 0.15) is 20.7 Å². The number of aromatic carboxylic acids is 2. The van der Waals surface area contributed by atoms with Crippen LogP contribution in [0.4, 0.5) is 0 Å². The third-order valence-electron chi connectivity index (χ3n) is 2.58. The van der Waals surface area contributed by atoms with E-state index in [0.29, 0.717) is 11.1 Å². The summed E-state index contributed by atoms with van der Waals surface area (Å²) in [7, 11) is 0. The Labute approximate surface area is 107 Å². The summed E-state index contributed by atoms with van der Waals surface area (Å²) in [5.74, 6) is -2.41. The molecule has 0 bridgehead atoms. The largest absolute Gasteiger partial charge is 0.478 e. The zero-order valence-electron chi connectivity index (χ0n) is 9.58. The minimum absolute atomic E-state index is 0.0839. The number of benzene rings is 1. The summed E-state index contributed by atoms with van der Waals surface area (Å²) >= 11 is 0. The number of carboxylic acid groups (broad SMARTS) is 2. The van der Waals surface area contributed by atoms with Gasteiger partial charge in [-0.2, -0.15) is 0 Å². The topological polar surface area (TPSA) is 107 Å². The molecule has 1 aromatic carbocycles. The number of pyridine rings is 1. The molecule has 0 aliphatic heterocycles.